The van der Waals surface area contributed by atoms with E-state index in [4.69, 9.17) is 18.0 Å². The molecule has 0 saturated carbocycles. The molecule has 1 unspecified atom stereocenters. The van der Waals surface area contributed by atoms with Crippen molar-refractivity contribution in [3.8, 4) is 0 Å². The van der Waals surface area contributed by atoms with Crippen LogP contribution in [-0.4, -0.2) is 41.8 Å². The molecule has 18 heavy (non-hydrogen) atoms. The highest BCUT2D eigenvalue weighted by Gasteiger charge is 2.47. The molecule has 0 amide bonds. The van der Waals surface area contributed by atoms with Crippen LogP contribution in [-0.2, 0) is 18.0 Å². The molecule has 0 spiro atoms. The van der Waals surface area contributed by atoms with Gasteiger partial charge in [-0.25, -0.2) is 0 Å². The Hall–Kier alpha value is -0.203. The van der Waals surface area contributed by atoms with E-state index in [0.717, 1.165) is 25.3 Å². The molecule has 1 aliphatic heterocycles. The SMILES string of the molecule is C=C(CCC1OC1(C)C)CC[Si](OC)(OC)OC. The van der Waals surface area contributed by atoms with Crippen molar-refractivity contribution in [3.63, 3.8) is 0 Å². The molecule has 0 bridgehead atoms. The lowest BCUT2D eigenvalue weighted by Crippen LogP contribution is -2.42. The van der Waals surface area contributed by atoms with Crippen LogP contribution in [0, 0.1) is 0 Å². The van der Waals surface area contributed by atoms with Crippen molar-refractivity contribution in [1.82, 2.24) is 0 Å². The van der Waals surface area contributed by atoms with E-state index in [1.165, 1.54) is 5.57 Å². The summed E-state index contributed by atoms with van der Waals surface area (Å²) in [5.74, 6) is 0. The minimum absolute atomic E-state index is 0.0738. The molecule has 4 nitrogen and oxygen atoms in total. The smallest absolute Gasteiger partial charge is 0.377 e. The Kier molecular flexibility index (Phi) is 5.55. The molecule has 0 aliphatic carbocycles. The lowest BCUT2D eigenvalue weighted by atomic mass is 10.0. The molecule has 1 heterocycles. The Morgan fingerprint density at radius 2 is 1.67 bits per heavy atom. The minimum Gasteiger partial charge on any atom is -0.377 e. The molecule has 1 rings (SSSR count). The molecule has 1 aliphatic rings. The summed E-state index contributed by atoms with van der Waals surface area (Å²) in [7, 11) is 2.48. The highest BCUT2D eigenvalue weighted by Crippen LogP contribution is 2.39. The third-order valence-electron chi connectivity index (χ3n) is 3.64. The molecule has 0 N–H and O–H groups in total. The van der Waals surface area contributed by atoms with Gasteiger partial charge in [-0.3, -0.25) is 0 Å². The number of hydrogen-bond donors (Lipinski definition) is 0. The Bertz CT molecular complexity index is 278. The Balaban J connectivity index is 2.24. The standard InChI is InChI=1S/C13H26O4Si/c1-11(7-8-12-13(2,3)17-12)9-10-18(14-4,15-5)16-6/h12H,1,7-10H2,2-6H3. The summed E-state index contributed by atoms with van der Waals surface area (Å²) in [4.78, 5) is 0. The summed E-state index contributed by atoms with van der Waals surface area (Å²) in [5, 5.41) is 0. The van der Waals surface area contributed by atoms with Crippen molar-refractivity contribution in [1.29, 1.82) is 0 Å². The monoisotopic (exact) mass is 274 g/mol. The maximum atomic E-state index is 5.56. The van der Waals surface area contributed by atoms with Crippen LogP contribution < -0.4 is 0 Å². The lowest BCUT2D eigenvalue weighted by molar-refractivity contribution is 0.123. The van der Waals surface area contributed by atoms with Gasteiger partial charge in [0.1, 0.15) is 0 Å². The fraction of sp³-hybridized carbons (Fsp3) is 0.846. The van der Waals surface area contributed by atoms with E-state index in [1.54, 1.807) is 21.3 Å². The van der Waals surface area contributed by atoms with Crippen LogP contribution in [0.1, 0.15) is 33.1 Å². The van der Waals surface area contributed by atoms with Gasteiger partial charge in [0.15, 0.2) is 0 Å². The molecule has 106 valence electrons. The summed E-state index contributed by atoms with van der Waals surface area (Å²) in [6, 6.07) is 0.782. The van der Waals surface area contributed by atoms with Gasteiger partial charge in [0, 0.05) is 27.4 Å². The first-order valence-corrected chi connectivity index (χ1v) is 8.32. The summed E-state index contributed by atoms with van der Waals surface area (Å²) < 4.78 is 21.7. The van der Waals surface area contributed by atoms with Gasteiger partial charge in [-0.1, -0.05) is 12.2 Å². The topological polar surface area (TPSA) is 40.2 Å². The highest BCUT2D eigenvalue weighted by molar-refractivity contribution is 6.60. The summed E-state index contributed by atoms with van der Waals surface area (Å²) in [5.41, 5.74) is 1.29. The van der Waals surface area contributed by atoms with Gasteiger partial charge in [0.05, 0.1) is 11.7 Å². The van der Waals surface area contributed by atoms with Gasteiger partial charge in [0.25, 0.3) is 0 Å². The van der Waals surface area contributed by atoms with Crippen molar-refractivity contribution in [2.45, 2.75) is 50.9 Å². The quantitative estimate of drug-likeness (QED) is 0.368. The summed E-state index contributed by atoms with van der Waals surface area (Å²) >= 11 is 0. The van der Waals surface area contributed by atoms with Crippen molar-refractivity contribution in [3.05, 3.63) is 12.2 Å². The van der Waals surface area contributed by atoms with Crippen molar-refractivity contribution in [2.75, 3.05) is 21.3 Å². The number of rotatable bonds is 9. The molecule has 0 aromatic carbocycles. The maximum Gasteiger partial charge on any atom is 0.500 e. The normalized spacial score (nSPS) is 21.9. The zero-order valence-corrected chi connectivity index (χ0v) is 13.2. The Morgan fingerprint density at radius 1 is 1.17 bits per heavy atom. The second-order valence-electron chi connectivity index (χ2n) is 5.29. The molecule has 0 aromatic heterocycles. The molecule has 0 radical (unpaired) electrons. The van der Waals surface area contributed by atoms with Crippen LogP contribution in [0.5, 0.6) is 0 Å². The largest absolute Gasteiger partial charge is 0.500 e. The average Bonchev–Trinajstić information content (AvgIpc) is 2.97. The van der Waals surface area contributed by atoms with E-state index in [1.807, 2.05) is 0 Å². The molecular formula is C13H26O4Si. The van der Waals surface area contributed by atoms with Crippen LogP contribution >= 0.6 is 0 Å². The van der Waals surface area contributed by atoms with E-state index in [0.29, 0.717) is 6.10 Å². The van der Waals surface area contributed by atoms with Crippen molar-refractivity contribution >= 4 is 8.80 Å². The van der Waals surface area contributed by atoms with Gasteiger partial charge in [-0.2, -0.15) is 0 Å². The first kappa shape index (κ1) is 15.9. The first-order chi connectivity index (χ1) is 8.39. The predicted octanol–water partition coefficient (Wildman–Crippen LogP) is 2.77. The minimum atomic E-state index is -2.44. The molecule has 5 heteroatoms. The van der Waals surface area contributed by atoms with E-state index in [2.05, 4.69) is 20.4 Å². The average molecular weight is 274 g/mol. The zero-order valence-electron chi connectivity index (χ0n) is 12.2. The number of epoxide rings is 1. The molecule has 1 fully saturated rings. The van der Waals surface area contributed by atoms with Crippen molar-refractivity contribution in [2.24, 2.45) is 0 Å². The molecular weight excluding hydrogens is 248 g/mol. The highest BCUT2D eigenvalue weighted by atomic mass is 28.4. The van der Waals surface area contributed by atoms with Crippen LogP contribution in [0.3, 0.4) is 0 Å². The van der Waals surface area contributed by atoms with Gasteiger partial charge in [-0.15, -0.1) is 0 Å². The summed E-state index contributed by atoms with van der Waals surface area (Å²) in [6.45, 7) is 8.36. The van der Waals surface area contributed by atoms with Crippen molar-refractivity contribution < 1.29 is 18.0 Å². The number of allylic oxidation sites excluding steroid dienone is 1. The molecule has 0 aromatic rings. The van der Waals surface area contributed by atoms with Crippen LogP contribution in [0.2, 0.25) is 6.04 Å². The van der Waals surface area contributed by atoms with E-state index in [-0.39, 0.29) is 5.60 Å². The molecule has 1 saturated heterocycles. The fourth-order valence-corrected chi connectivity index (χ4v) is 3.86. The third-order valence-corrected chi connectivity index (χ3v) is 6.37. The van der Waals surface area contributed by atoms with Gasteiger partial charge >= 0.3 is 8.80 Å². The van der Waals surface area contributed by atoms with Crippen LogP contribution in [0.25, 0.3) is 0 Å². The summed E-state index contributed by atoms with van der Waals surface area (Å²) in [6.07, 6.45) is 3.32. The third kappa shape index (κ3) is 4.17. The maximum absolute atomic E-state index is 5.56. The first-order valence-electron chi connectivity index (χ1n) is 6.39. The van der Waals surface area contributed by atoms with Crippen LogP contribution in [0.4, 0.5) is 0 Å². The number of hydrogen-bond acceptors (Lipinski definition) is 4. The number of ether oxygens (including phenoxy) is 1. The lowest BCUT2D eigenvalue weighted by Gasteiger charge is -2.24. The van der Waals surface area contributed by atoms with Gasteiger partial charge in [0.2, 0.25) is 0 Å². The fourth-order valence-electron chi connectivity index (χ4n) is 2.09. The Morgan fingerprint density at radius 3 is 2.06 bits per heavy atom. The Labute approximate surface area is 112 Å². The molecule has 1 atom stereocenters. The second kappa shape index (κ2) is 6.30. The van der Waals surface area contributed by atoms with E-state index >= 15 is 0 Å². The van der Waals surface area contributed by atoms with Crippen LogP contribution in [0.15, 0.2) is 12.2 Å². The van der Waals surface area contributed by atoms with Gasteiger partial charge in [-0.05, 0) is 33.1 Å². The predicted molar refractivity (Wildman–Crippen MR) is 73.5 cm³/mol. The van der Waals surface area contributed by atoms with Gasteiger partial charge < -0.3 is 18.0 Å². The zero-order chi connectivity index (χ0) is 13.8. The second-order valence-corrected chi connectivity index (χ2v) is 8.38. The van der Waals surface area contributed by atoms with E-state index < -0.39 is 8.80 Å². The van der Waals surface area contributed by atoms with E-state index in [9.17, 15) is 0 Å².